The zero-order chi connectivity index (χ0) is 14.8. The molecule has 0 fully saturated rings. The van der Waals surface area contributed by atoms with Crippen LogP contribution in [-0.2, 0) is 0 Å². The Morgan fingerprint density at radius 1 is 1.24 bits per heavy atom. The van der Waals surface area contributed by atoms with Crippen molar-refractivity contribution in [3.63, 3.8) is 0 Å². The quantitative estimate of drug-likeness (QED) is 0.681. The first-order valence-electron chi connectivity index (χ1n) is 6.24. The van der Waals surface area contributed by atoms with Crippen molar-refractivity contribution in [2.24, 2.45) is 0 Å². The highest BCUT2D eigenvalue weighted by Gasteiger charge is 2.13. The van der Waals surface area contributed by atoms with Crippen molar-refractivity contribution in [2.45, 2.75) is 0 Å². The number of aromatic nitrogens is 2. The summed E-state index contributed by atoms with van der Waals surface area (Å²) in [5.41, 5.74) is 6.68. The van der Waals surface area contributed by atoms with Gasteiger partial charge in [-0.3, -0.25) is 4.98 Å². The lowest BCUT2D eigenvalue weighted by Gasteiger charge is -2.11. The average molecular weight is 280 g/mol. The van der Waals surface area contributed by atoms with E-state index in [4.69, 9.17) is 5.73 Å². The molecule has 4 N–H and O–H groups in total. The smallest absolute Gasteiger partial charge is 0.339 e. The average Bonchev–Trinajstić information content (AvgIpc) is 2.49. The molecule has 104 valence electrons. The van der Waals surface area contributed by atoms with Gasteiger partial charge in [0.15, 0.2) is 0 Å². The van der Waals surface area contributed by atoms with Gasteiger partial charge < -0.3 is 16.2 Å². The number of carbonyl (C=O) groups is 1. The summed E-state index contributed by atoms with van der Waals surface area (Å²) in [6.07, 6.45) is 4.85. The number of benzene rings is 1. The lowest BCUT2D eigenvalue weighted by Crippen LogP contribution is -2.06. The maximum absolute atomic E-state index is 11.3. The number of hydrogen-bond acceptors (Lipinski definition) is 5. The van der Waals surface area contributed by atoms with Crippen LogP contribution < -0.4 is 11.1 Å². The standard InChI is InChI=1S/C15H12N4O2/c16-10-6-12(15(20)21)14(18-8-10)19-13-3-1-2-9-7-17-5-4-11(9)13/h1-8H,16H2,(H,18,19)(H,20,21). The minimum atomic E-state index is -1.08. The van der Waals surface area contributed by atoms with E-state index in [0.29, 0.717) is 5.69 Å². The van der Waals surface area contributed by atoms with Gasteiger partial charge in [0.05, 0.1) is 11.9 Å². The van der Waals surface area contributed by atoms with Crippen LogP contribution in [0.25, 0.3) is 10.8 Å². The molecule has 0 aliphatic carbocycles. The number of nitrogens with two attached hydrogens (primary N) is 1. The third kappa shape index (κ3) is 2.46. The van der Waals surface area contributed by atoms with E-state index in [1.54, 1.807) is 12.4 Å². The number of rotatable bonds is 3. The van der Waals surface area contributed by atoms with Crippen molar-refractivity contribution in [1.29, 1.82) is 0 Å². The van der Waals surface area contributed by atoms with Gasteiger partial charge in [-0.25, -0.2) is 9.78 Å². The second-order valence-corrected chi connectivity index (χ2v) is 4.50. The fourth-order valence-electron chi connectivity index (χ4n) is 2.10. The highest BCUT2D eigenvalue weighted by atomic mass is 16.4. The fraction of sp³-hybridized carbons (Fsp3) is 0. The Bertz CT molecular complexity index is 828. The van der Waals surface area contributed by atoms with Crippen molar-refractivity contribution < 1.29 is 9.90 Å². The summed E-state index contributed by atoms with van der Waals surface area (Å²) in [5, 5.41) is 14.2. The number of nitrogens with zero attached hydrogens (tertiary/aromatic N) is 2. The molecule has 0 unspecified atom stereocenters. The summed E-state index contributed by atoms with van der Waals surface area (Å²) in [5.74, 6) is -0.833. The Kier molecular flexibility index (Phi) is 3.12. The number of carboxylic acids is 1. The Morgan fingerprint density at radius 2 is 2.10 bits per heavy atom. The van der Waals surface area contributed by atoms with Gasteiger partial charge in [-0.15, -0.1) is 0 Å². The number of hydrogen-bond donors (Lipinski definition) is 3. The molecule has 2 heterocycles. The van der Waals surface area contributed by atoms with Crippen molar-refractivity contribution >= 4 is 33.9 Å². The van der Waals surface area contributed by atoms with Crippen molar-refractivity contribution in [3.05, 3.63) is 54.5 Å². The monoisotopic (exact) mass is 280 g/mol. The van der Waals surface area contributed by atoms with Crippen LogP contribution in [0.2, 0.25) is 0 Å². The maximum atomic E-state index is 11.3. The van der Waals surface area contributed by atoms with Crippen LogP contribution >= 0.6 is 0 Å². The lowest BCUT2D eigenvalue weighted by molar-refractivity contribution is 0.0697. The molecule has 2 aromatic heterocycles. The lowest BCUT2D eigenvalue weighted by atomic mass is 10.1. The highest BCUT2D eigenvalue weighted by Crippen LogP contribution is 2.27. The largest absolute Gasteiger partial charge is 0.478 e. The zero-order valence-electron chi connectivity index (χ0n) is 10.9. The Hall–Kier alpha value is -3.15. The number of aromatic carboxylic acids is 1. The summed E-state index contributed by atoms with van der Waals surface area (Å²) in [6.45, 7) is 0. The molecule has 0 radical (unpaired) electrons. The van der Waals surface area contributed by atoms with E-state index in [2.05, 4.69) is 15.3 Å². The Labute approximate surface area is 120 Å². The normalized spacial score (nSPS) is 10.5. The molecule has 0 bridgehead atoms. The molecule has 1 aromatic carbocycles. The van der Waals surface area contributed by atoms with Gasteiger partial charge in [0, 0.05) is 28.9 Å². The van der Waals surface area contributed by atoms with Gasteiger partial charge in [0.1, 0.15) is 11.4 Å². The minimum absolute atomic E-state index is 0.0288. The van der Waals surface area contributed by atoms with Gasteiger partial charge in [-0.2, -0.15) is 0 Å². The van der Waals surface area contributed by atoms with E-state index in [9.17, 15) is 9.90 Å². The molecular weight excluding hydrogens is 268 g/mol. The van der Waals surface area contributed by atoms with Crippen LogP contribution in [0.1, 0.15) is 10.4 Å². The zero-order valence-corrected chi connectivity index (χ0v) is 10.9. The molecule has 0 saturated carbocycles. The molecule has 6 heteroatoms. The molecule has 0 saturated heterocycles. The van der Waals surface area contributed by atoms with Crippen LogP contribution in [0, 0.1) is 0 Å². The third-order valence-corrected chi connectivity index (χ3v) is 3.07. The van der Waals surface area contributed by atoms with E-state index in [1.165, 1.54) is 12.3 Å². The molecule has 3 rings (SSSR count). The number of carboxylic acid groups (broad SMARTS) is 1. The first-order valence-corrected chi connectivity index (χ1v) is 6.24. The number of anilines is 3. The highest BCUT2D eigenvalue weighted by molar-refractivity contribution is 5.98. The number of nitrogens with one attached hydrogen (secondary N) is 1. The summed E-state index contributed by atoms with van der Waals surface area (Å²) >= 11 is 0. The molecule has 0 aliphatic rings. The summed E-state index contributed by atoms with van der Waals surface area (Å²) in [7, 11) is 0. The molecule has 6 nitrogen and oxygen atoms in total. The van der Waals surface area contributed by atoms with Crippen molar-refractivity contribution in [1.82, 2.24) is 9.97 Å². The van der Waals surface area contributed by atoms with Crippen LogP contribution in [0.4, 0.5) is 17.2 Å². The fourth-order valence-corrected chi connectivity index (χ4v) is 2.10. The minimum Gasteiger partial charge on any atom is -0.478 e. The van der Waals surface area contributed by atoms with Gasteiger partial charge in [-0.1, -0.05) is 12.1 Å². The second-order valence-electron chi connectivity index (χ2n) is 4.50. The Morgan fingerprint density at radius 3 is 2.90 bits per heavy atom. The number of fused-ring (bicyclic) bond motifs is 1. The summed E-state index contributed by atoms with van der Waals surface area (Å²) in [4.78, 5) is 19.4. The van der Waals surface area contributed by atoms with Gasteiger partial charge in [0.25, 0.3) is 0 Å². The molecule has 0 spiro atoms. The van der Waals surface area contributed by atoms with E-state index in [0.717, 1.165) is 16.5 Å². The first-order chi connectivity index (χ1) is 10.1. The predicted molar refractivity (Wildman–Crippen MR) is 80.6 cm³/mol. The molecule has 0 aliphatic heterocycles. The Balaban J connectivity index is 2.09. The van der Waals surface area contributed by atoms with Crippen molar-refractivity contribution in [3.8, 4) is 0 Å². The van der Waals surface area contributed by atoms with Gasteiger partial charge in [-0.05, 0) is 18.2 Å². The summed E-state index contributed by atoms with van der Waals surface area (Å²) < 4.78 is 0. The van der Waals surface area contributed by atoms with Crippen molar-refractivity contribution in [2.75, 3.05) is 11.1 Å². The predicted octanol–water partition coefficient (Wildman–Crippen LogP) is 2.65. The van der Waals surface area contributed by atoms with E-state index >= 15 is 0 Å². The molecular formula is C15H12N4O2. The van der Waals surface area contributed by atoms with E-state index in [-0.39, 0.29) is 11.4 Å². The van der Waals surface area contributed by atoms with Gasteiger partial charge >= 0.3 is 5.97 Å². The molecule has 0 atom stereocenters. The van der Waals surface area contributed by atoms with Crippen LogP contribution in [0.5, 0.6) is 0 Å². The van der Waals surface area contributed by atoms with E-state index < -0.39 is 5.97 Å². The van der Waals surface area contributed by atoms with Crippen LogP contribution in [0.15, 0.2) is 48.9 Å². The topological polar surface area (TPSA) is 101 Å². The maximum Gasteiger partial charge on any atom is 0.339 e. The summed E-state index contributed by atoms with van der Waals surface area (Å²) in [6, 6.07) is 8.89. The second kappa shape index (κ2) is 5.09. The third-order valence-electron chi connectivity index (χ3n) is 3.07. The van der Waals surface area contributed by atoms with Crippen LogP contribution in [0.3, 0.4) is 0 Å². The number of pyridine rings is 2. The molecule has 3 aromatic rings. The number of nitrogen functional groups attached to an aromatic ring is 1. The molecule has 21 heavy (non-hydrogen) atoms. The van der Waals surface area contributed by atoms with Crippen LogP contribution in [-0.4, -0.2) is 21.0 Å². The molecule has 0 amide bonds. The van der Waals surface area contributed by atoms with Gasteiger partial charge in [0.2, 0.25) is 0 Å². The van der Waals surface area contributed by atoms with E-state index in [1.807, 2.05) is 24.3 Å². The SMILES string of the molecule is Nc1cnc(Nc2cccc3cnccc23)c(C(=O)O)c1. The first kappa shape index (κ1) is 12.9.